The van der Waals surface area contributed by atoms with Gasteiger partial charge in [0, 0.05) is 11.4 Å². The van der Waals surface area contributed by atoms with Crippen molar-refractivity contribution >= 4 is 54.7 Å². The van der Waals surface area contributed by atoms with Gasteiger partial charge in [0.15, 0.2) is 27.1 Å². The van der Waals surface area contributed by atoms with Crippen LogP contribution >= 0.6 is 27.3 Å². The number of rotatable bonds is 10. The highest BCUT2D eigenvalue weighted by atomic mass is 79.9. The first kappa shape index (κ1) is 25.5. The molecule has 1 aromatic carbocycles. The van der Waals surface area contributed by atoms with E-state index in [-0.39, 0.29) is 22.3 Å². The van der Waals surface area contributed by atoms with Crippen LogP contribution < -0.4 is 15.4 Å². The van der Waals surface area contributed by atoms with Crippen molar-refractivity contribution in [1.29, 1.82) is 0 Å². The Balaban J connectivity index is 1.95. The van der Waals surface area contributed by atoms with E-state index in [0.29, 0.717) is 20.6 Å². The number of sulfone groups is 1. The molecule has 4 N–H and O–H groups in total. The third-order valence-electron chi connectivity index (χ3n) is 5.38. The number of thiophene rings is 1. The second-order valence-corrected chi connectivity index (χ2v) is 11.8. The summed E-state index contributed by atoms with van der Waals surface area (Å²) < 4.78 is 31.2. The number of benzene rings is 1. The maximum atomic E-state index is 12.8. The number of hydrogen-bond acceptors (Lipinski definition) is 8. The molecule has 2 aromatic rings. The van der Waals surface area contributed by atoms with E-state index in [1.807, 2.05) is 0 Å². The number of carboxylic acid groups (broad SMARTS) is 2. The molecule has 9 nitrogen and oxygen atoms in total. The molecule has 1 aliphatic rings. The number of aliphatic carboxylic acids is 1. The normalized spacial score (nSPS) is 15.7. The first-order chi connectivity index (χ1) is 15.6. The summed E-state index contributed by atoms with van der Waals surface area (Å²) in [5.74, 6) is -2.51. The van der Waals surface area contributed by atoms with Gasteiger partial charge >= 0.3 is 11.9 Å². The molecule has 1 unspecified atom stereocenters. The molecule has 33 heavy (non-hydrogen) atoms. The molecule has 1 saturated heterocycles. The maximum absolute atomic E-state index is 12.8. The summed E-state index contributed by atoms with van der Waals surface area (Å²) in [7, 11) is -3.37. The van der Waals surface area contributed by atoms with Gasteiger partial charge in [-0.05, 0) is 65.5 Å². The third kappa shape index (κ3) is 6.05. The van der Waals surface area contributed by atoms with Crippen LogP contribution in [0.1, 0.15) is 29.4 Å². The van der Waals surface area contributed by atoms with Gasteiger partial charge < -0.3 is 25.6 Å². The smallest absolute Gasteiger partial charge is 0.349 e. The Morgan fingerprint density at radius 1 is 1.30 bits per heavy atom. The molecule has 0 spiro atoms. The van der Waals surface area contributed by atoms with Crippen molar-refractivity contribution in [1.82, 2.24) is 5.32 Å². The highest BCUT2D eigenvalue weighted by Gasteiger charge is 2.33. The predicted octanol–water partition coefficient (Wildman–Crippen LogP) is 3.51. The first-order valence-electron chi connectivity index (χ1n) is 10.3. The molecular weight excluding hydrogens is 536 g/mol. The zero-order valence-electron chi connectivity index (χ0n) is 17.8. The van der Waals surface area contributed by atoms with Crippen molar-refractivity contribution in [2.45, 2.75) is 25.1 Å². The Morgan fingerprint density at radius 3 is 2.61 bits per heavy atom. The van der Waals surface area contributed by atoms with Crippen LogP contribution in [0.15, 0.2) is 28.7 Å². The van der Waals surface area contributed by atoms with E-state index in [1.165, 1.54) is 0 Å². The van der Waals surface area contributed by atoms with Gasteiger partial charge in [-0.2, -0.15) is 0 Å². The van der Waals surface area contributed by atoms with Crippen LogP contribution in [0.4, 0.5) is 5.69 Å². The Hall–Kier alpha value is -2.15. The summed E-state index contributed by atoms with van der Waals surface area (Å²) in [5.41, 5.74) is 1.24. The molecule has 3 rings (SSSR count). The largest absolute Gasteiger partial charge is 0.479 e. The van der Waals surface area contributed by atoms with Crippen LogP contribution in [-0.2, 0) is 14.6 Å². The molecule has 0 saturated carbocycles. The lowest BCUT2D eigenvalue weighted by Crippen LogP contribution is -2.43. The van der Waals surface area contributed by atoms with Gasteiger partial charge in [-0.25, -0.2) is 18.0 Å². The summed E-state index contributed by atoms with van der Waals surface area (Å²) in [5, 5.41) is 24.1. The second-order valence-electron chi connectivity index (χ2n) is 7.58. The molecule has 12 heteroatoms. The van der Waals surface area contributed by atoms with Crippen LogP contribution in [-0.4, -0.2) is 61.4 Å². The summed E-state index contributed by atoms with van der Waals surface area (Å²) in [6, 6.07) is 7.04. The molecule has 180 valence electrons. The van der Waals surface area contributed by atoms with E-state index in [0.717, 1.165) is 37.3 Å². The lowest BCUT2D eigenvalue weighted by Gasteiger charge is -2.31. The molecule has 0 bridgehead atoms. The zero-order valence-corrected chi connectivity index (χ0v) is 21.1. The molecule has 0 amide bonds. The Morgan fingerprint density at radius 2 is 2.00 bits per heavy atom. The molecule has 1 fully saturated rings. The number of ether oxygens (including phenoxy) is 1. The fourth-order valence-corrected chi connectivity index (χ4v) is 7.15. The molecule has 0 radical (unpaired) electrons. The van der Waals surface area contributed by atoms with E-state index in [1.54, 1.807) is 31.2 Å². The molecule has 1 aliphatic heterocycles. The number of aromatic carboxylic acids is 1. The number of nitrogens with one attached hydrogen (secondary N) is 2. The number of carboxylic acids is 2. The number of halogens is 1. The average Bonchev–Trinajstić information content (AvgIpc) is 3.13. The van der Waals surface area contributed by atoms with Gasteiger partial charge in [-0.15, -0.1) is 11.3 Å². The van der Waals surface area contributed by atoms with Crippen LogP contribution in [0.2, 0.25) is 0 Å². The Labute approximate surface area is 204 Å². The standard InChI is InChI=1S/C21H25BrN2O7S2/c1-2-33(29,30)20(12-6-8-23-9-7-12)24-14-5-3-4-13(10-14)18-16(22)17(31-11-15(25)26)19(32-18)21(27)28/h3-5,10,12,20,23-24H,2,6-9,11H2,1H3,(H,25,26)(H,27,28). The monoisotopic (exact) mass is 560 g/mol. The summed E-state index contributed by atoms with van der Waals surface area (Å²) in [6.45, 7) is 2.49. The molecule has 0 aliphatic carbocycles. The minimum atomic E-state index is -3.37. The van der Waals surface area contributed by atoms with E-state index < -0.39 is 33.8 Å². The topological polar surface area (TPSA) is 142 Å². The third-order valence-corrected chi connectivity index (χ3v) is 9.69. The van der Waals surface area contributed by atoms with Gasteiger partial charge in [0.2, 0.25) is 0 Å². The summed E-state index contributed by atoms with van der Waals surface area (Å²) in [4.78, 5) is 23.0. The highest BCUT2D eigenvalue weighted by Crippen LogP contribution is 2.46. The second kappa shape index (κ2) is 10.9. The predicted molar refractivity (Wildman–Crippen MR) is 130 cm³/mol. The van der Waals surface area contributed by atoms with Crippen LogP contribution in [0.25, 0.3) is 10.4 Å². The number of hydrogen-bond donors (Lipinski definition) is 4. The van der Waals surface area contributed by atoms with Crippen molar-refractivity contribution in [2.75, 3.05) is 30.8 Å². The van der Waals surface area contributed by atoms with Crippen molar-refractivity contribution in [3.63, 3.8) is 0 Å². The molecule has 1 atom stereocenters. The molecular formula is C21H25BrN2O7S2. The van der Waals surface area contributed by atoms with Crippen molar-refractivity contribution in [2.24, 2.45) is 5.92 Å². The Bertz CT molecular complexity index is 1130. The van der Waals surface area contributed by atoms with Crippen LogP contribution in [0, 0.1) is 5.92 Å². The van der Waals surface area contributed by atoms with Gasteiger partial charge in [0.1, 0.15) is 5.37 Å². The van der Waals surface area contributed by atoms with Crippen LogP contribution in [0.5, 0.6) is 5.75 Å². The quantitative estimate of drug-likeness (QED) is 0.343. The highest BCUT2D eigenvalue weighted by molar-refractivity contribution is 9.10. The van der Waals surface area contributed by atoms with Gasteiger partial charge in [-0.3, -0.25) is 0 Å². The van der Waals surface area contributed by atoms with E-state index in [9.17, 15) is 23.1 Å². The van der Waals surface area contributed by atoms with E-state index in [4.69, 9.17) is 9.84 Å². The van der Waals surface area contributed by atoms with E-state index in [2.05, 4.69) is 26.6 Å². The minimum Gasteiger partial charge on any atom is -0.479 e. The molecule has 2 heterocycles. The van der Waals surface area contributed by atoms with Gasteiger partial charge in [0.05, 0.1) is 9.35 Å². The zero-order chi connectivity index (χ0) is 24.2. The lowest BCUT2D eigenvalue weighted by molar-refractivity contribution is -0.139. The average molecular weight is 561 g/mol. The van der Waals surface area contributed by atoms with Gasteiger partial charge in [0.25, 0.3) is 0 Å². The SMILES string of the molecule is CCS(=O)(=O)C(Nc1cccc(-c2sc(C(=O)O)c(OCC(=O)O)c2Br)c1)C1CCNCC1. The van der Waals surface area contributed by atoms with Crippen molar-refractivity contribution in [3.8, 4) is 16.2 Å². The van der Waals surface area contributed by atoms with Crippen LogP contribution in [0.3, 0.4) is 0 Å². The fraction of sp³-hybridized carbons (Fsp3) is 0.429. The van der Waals surface area contributed by atoms with E-state index >= 15 is 0 Å². The van der Waals surface area contributed by atoms with Gasteiger partial charge in [-0.1, -0.05) is 19.1 Å². The maximum Gasteiger partial charge on any atom is 0.349 e. The number of anilines is 1. The van der Waals surface area contributed by atoms with Crippen molar-refractivity contribution in [3.05, 3.63) is 33.6 Å². The minimum absolute atomic E-state index is 0.0248. The molecule has 1 aromatic heterocycles. The Kier molecular flexibility index (Phi) is 8.38. The fourth-order valence-electron chi connectivity index (χ4n) is 3.73. The summed E-state index contributed by atoms with van der Waals surface area (Å²) in [6.07, 6.45) is 1.50. The first-order valence-corrected chi connectivity index (χ1v) is 13.7. The van der Waals surface area contributed by atoms with Crippen molar-refractivity contribution < 1.29 is 33.0 Å². The lowest BCUT2D eigenvalue weighted by atomic mass is 9.97. The number of carbonyl (C=O) groups is 2. The number of piperidine rings is 1. The summed E-state index contributed by atoms with van der Waals surface area (Å²) >= 11 is 4.29.